The van der Waals surface area contributed by atoms with E-state index >= 15 is 0 Å². The monoisotopic (exact) mass is 400 g/mol. The summed E-state index contributed by atoms with van der Waals surface area (Å²) in [4.78, 5) is 0. The molecule has 164 valence electrons. The van der Waals surface area contributed by atoms with E-state index in [9.17, 15) is 10.2 Å². The van der Waals surface area contributed by atoms with Crippen molar-refractivity contribution in [2.45, 2.75) is 110 Å². The Morgan fingerprint density at radius 2 is 1.97 bits per heavy atom. The van der Waals surface area contributed by atoms with Crippen LogP contribution in [0, 0.1) is 23.2 Å². The van der Waals surface area contributed by atoms with Crippen molar-refractivity contribution < 1.29 is 10.2 Å². The zero-order valence-electron chi connectivity index (χ0n) is 19.3. The van der Waals surface area contributed by atoms with E-state index in [-0.39, 0.29) is 6.10 Å². The fraction of sp³-hybridized carbons (Fsp3) is 0.778. The number of fused-ring (bicyclic) bond motifs is 1. The number of hydrogen-bond acceptors (Lipinski definition) is 2. The standard InChI is InChI=1S/C27H44O2/c1-19-10-13-23(28)18-22(19)12-11-21-9-7-17-27(5)24(14-15-25(21)27)20(2)8-6-16-26(3,4)29/h11-12,20,23-25,28-29H,1,6-10,13-18H2,2-5H3/b21-11+,22-12+/t20-,23+,24-,25?,27-/m1/s1. The topological polar surface area (TPSA) is 40.5 Å². The average molecular weight is 401 g/mol. The Labute approximate surface area is 179 Å². The Morgan fingerprint density at radius 3 is 2.69 bits per heavy atom. The molecule has 0 aliphatic heterocycles. The Morgan fingerprint density at radius 1 is 1.21 bits per heavy atom. The lowest BCUT2D eigenvalue weighted by molar-refractivity contribution is 0.0596. The fourth-order valence-electron chi connectivity index (χ4n) is 6.67. The van der Waals surface area contributed by atoms with E-state index in [4.69, 9.17) is 0 Å². The van der Waals surface area contributed by atoms with E-state index in [0.29, 0.717) is 5.41 Å². The van der Waals surface area contributed by atoms with Crippen LogP contribution in [0.4, 0.5) is 0 Å². The fourth-order valence-corrected chi connectivity index (χ4v) is 6.67. The molecule has 0 bridgehead atoms. The summed E-state index contributed by atoms with van der Waals surface area (Å²) in [5.74, 6) is 2.26. The van der Waals surface area contributed by atoms with E-state index in [1.807, 2.05) is 13.8 Å². The van der Waals surface area contributed by atoms with E-state index < -0.39 is 5.60 Å². The van der Waals surface area contributed by atoms with Gasteiger partial charge in [-0.3, -0.25) is 0 Å². The Balaban J connectivity index is 1.68. The normalized spacial score (nSPS) is 37.2. The van der Waals surface area contributed by atoms with Gasteiger partial charge in [0.1, 0.15) is 0 Å². The molecule has 1 unspecified atom stereocenters. The molecule has 3 aliphatic carbocycles. The van der Waals surface area contributed by atoms with Crippen molar-refractivity contribution in [2.24, 2.45) is 23.2 Å². The predicted octanol–water partition coefficient (Wildman–Crippen LogP) is 6.73. The maximum Gasteiger partial charge on any atom is 0.0591 e. The highest BCUT2D eigenvalue weighted by atomic mass is 16.3. The van der Waals surface area contributed by atoms with Crippen molar-refractivity contribution in [3.8, 4) is 0 Å². The largest absolute Gasteiger partial charge is 0.393 e. The molecule has 0 radical (unpaired) electrons. The first-order valence-electron chi connectivity index (χ1n) is 12.1. The van der Waals surface area contributed by atoms with Crippen LogP contribution < -0.4 is 0 Å². The number of aliphatic hydroxyl groups is 2. The SMILES string of the molecule is C=C1CC[C@H](O)C/C1=C\C=C1/CCC[C@@]2(C)C1CC[C@@H]2[C@H](C)CCCC(C)(C)O. The van der Waals surface area contributed by atoms with Crippen LogP contribution in [0.15, 0.2) is 35.5 Å². The number of allylic oxidation sites excluding steroid dienone is 4. The maximum absolute atomic E-state index is 10.0. The van der Waals surface area contributed by atoms with E-state index in [0.717, 1.165) is 49.9 Å². The predicted molar refractivity (Wildman–Crippen MR) is 123 cm³/mol. The molecule has 3 rings (SSSR count). The summed E-state index contributed by atoms with van der Waals surface area (Å²) in [7, 11) is 0. The third-order valence-corrected chi connectivity index (χ3v) is 8.36. The molecule has 0 aromatic carbocycles. The van der Waals surface area contributed by atoms with Crippen LogP contribution in [0.2, 0.25) is 0 Å². The van der Waals surface area contributed by atoms with Crippen LogP contribution in [0.25, 0.3) is 0 Å². The molecule has 3 fully saturated rings. The lowest BCUT2D eigenvalue weighted by Crippen LogP contribution is -2.36. The summed E-state index contributed by atoms with van der Waals surface area (Å²) >= 11 is 0. The van der Waals surface area contributed by atoms with Crippen LogP contribution in [-0.2, 0) is 0 Å². The lowest BCUT2D eigenvalue weighted by atomic mass is 9.60. The Kier molecular flexibility index (Phi) is 7.16. The lowest BCUT2D eigenvalue weighted by Gasteiger charge is -2.44. The Bertz CT molecular complexity index is 650. The van der Waals surface area contributed by atoms with Gasteiger partial charge in [0.05, 0.1) is 11.7 Å². The highest BCUT2D eigenvalue weighted by Gasteiger charge is 2.50. The average Bonchev–Trinajstić information content (AvgIpc) is 2.99. The summed E-state index contributed by atoms with van der Waals surface area (Å²) in [6, 6.07) is 0. The minimum absolute atomic E-state index is 0.192. The first-order chi connectivity index (χ1) is 13.6. The zero-order chi connectivity index (χ0) is 21.2. The molecule has 3 saturated carbocycles. The second-order valence-corrected chi connectivity index (χ2v) is 11.2. The second kappa shape index (κ2) is 9.10. The van der Waals surface area contributed by atoms with E-state index in [2.05, 4.69) is 32.6 Å². The quantitative estimate of drug-likeness (QED) is 0.518. The van der Waals surface area contributed by atoms with Crippen LogP contribution >= 0.6 is 0 Å². The van der Waals surface area contributed by atoms with Crippen LogP contribution in [0.3, 0.4) is 0 Å². The highest BCUT2D eigenvalue weighted by molar-refractivity contribution is 5.36. The van der Waals surface area contributed by atoms with Gasteiger partial charge in [-0.05, 0) is 100 Å². The van der Waals surface area contributed by atoms with E-state index in [1.165, 1.54) is 49.7 Å². The molecule has 0 amide bonds. The molecule has 3 aliphatic rings. The van der Waals surface area contributed by atoms with Gasteiger partial charge >= 0.3 is 0 Å². The third kappa shape index (κ3) is 5.44. The molecular weight excluding hydrogens is 356 g/mol. The molecule has 0 aromatic rings. The van der Waals surface area contributed by atoms with Crippen LogP contribution in [0.5, 0.6) is 0 Å². The molecule has 2 nitrogen and oxygen atoms in total. The molecule has 0 aromatic heterocycles. The smallest absolute Gasteiger partial charge is 0.0591 e. The van der Waals surface area contributed by atoms with Crippen molar-refractivity contribution in [3.63, 3.8) is 0 Å². The summed E-state index contributed by atoms with van der Waals surface area (Å²) in [6.45, 7) is 13.1. The van der Waals surface area contributed by atoms with Gasteiger partial charge in [0.15, 0.2) is 0 Å². The molecule has 29 heavy (non-hydrogen) atoms. The molecule has 0 saturated heterocycles. The zero-order valence-corrected chi connectivity index (χ0v) is 19.3. The maximum atomic E-state index is 10.0. The summed E-state index contributed by atoms with van der Waals surface area (Å²) < 4.78 is 0. The van der Waals surface area contributed by atoms with Gasteiger partial charge in [-0.15, -0.1) is 0 Å². The van der Waals surface area contributed by atoms with Crippen LogP contribution in [-0.4, -0.2) is 21.9 Å². The number of rotatable bonds is 6. The van der Waals surface area contributed by atoms with E-state index in [1.54, 1.807) is 5.57 Å². The van der Waals surface area contributed by atoms with Gasteiger partial charge in [0.2, 0.25) is 0 Å². The summed E-state index contributed by atoms with van der Waals surface area (Å²) in [5, 5.41) is 20.1. The minimum atomic E-state index is -0.535. The molecular formula is C27H44O2. The second-order valence-electron chi connectivity index (χ2n) is 11.2. The first-order valence-corrected chi connectivity index (χ1v) is 12.1. The molecule has 5 atom stereocenters. The van der Waals surface area contributed by atoms with Crippen molar-refractivity contribution in [2.75, 3.05) is 0 Å². The molecule has 2 heteroatoms. The Hall–Kier alpha value is -0.860. The van der Waals surface area contributed by atoms with Gasteiger partial charge in [0, 0.05) is 0 Å². The number of aliphatic hydroxyl groups excluding tert-OH is 1. The van der Waals surface area contributed by atoms with Crippen molar-refractivity contribution in [1.82, 2.24) is 0 Å². The van der Waals surface area contributed by atoms with Gasteiger partial charge in [-0.25, -0.2) is 0 Å². The number of hydrogen-bond donors (Lipinski definition) is 2. The van der Waals surface area contributed by atoms with Gasteiger partial charge < -0.3 is 10.2 Å². The van der Waals surface area contributed by atoms with Crippen molar-refractivity contribution in [3.05, 3.63) is 35.5 Å². The summed E-state index contributed by atoms with van der Waals surface area (Å²) in [5.41, 5.74) is 4.02. The highest BCUT2D eigenvalue weighted by Crippen LogP contribution is 2.60. The third-order valence-electron chi connectivity index (χ3n) is 8.36. The van der Waals surface area contributed by atoms with Crippen molar-refractivity contribution >= 4 is 0 Å². The van der Waals surface area contributed by atoms with Gasteiger partial charge in [-0.2, -0.15) is 0 Å². The van der Waals surface area contributed by atoms with Crippen LogP contribution in [0.1, 0.15) is 98.3 Å². The minimum Gasteiger partial charge on any atom is -0.393 e. The summed E-state index contributed by atoms with van der Waals surface area (Å²) in [6.07, 6.45) is 16.9. The van der Waals surface area contributed by atoms with Gasteiger partial charge in [-0.1, -0.05) is 56.6 Å². The molecule has 0 spiro atoms. The molecule has 0 heterocycles. The van der Waals surface area contributed by atoms with Crippen molar-refractivity contribution in [1.29, 1.82) is 0 Å². The van der Waals surface area contributed by atoms with Gasteiger partial charge in [0.25, 0.3) is 0 Å². The molecule has 2 N–H and O–H groups in total. The first kappa shape index (κ1) is 22.8.